The van der Waals surface area contributed by atoms with Crippen molar-refractivity contribution in [1.82, 2.24) is 5.32 Å². The molecule has 0 bridgehead atoms. The number of nitrogens with two attached hydrogens (primary N) is 1. The molecule has 12 heavy (non-hydrogen) atoms. The molecule has 1 rings (SSSR count). The second kappa shape index (κ2) is 5.84. The summed E-state index contributed by atoms with van der Waals surface area (Å²) in [6, 6.07) is 0.374. The number of piperidine rings is 1. The predicted octanol–water partition coefficient (Wildman–Crippen LogP) is 1.21. The molecule has 1 atom stereocenters. The minimum absolute atomic E-state index is 0.374. The van der Waals surface area contributed by atoms with Crippen molar-refractivity contribution in [3.8, 4) is 0 Å². The van der Waals surface area contributed by atoms with E-state index in [9.17, 15) is 0 Å². The van der Waals surface area contributed by atoms with Gasteiger partial charge in [0.25, 0.3) is 0 Å². The summed E-state index contributed by atoms with van der Waals surface area (Å²) in [5, 5.41) is 4.27. The highest BCUT2D eigenvalue weighted by Crippen LogP contribution is 2.20. The molecule has 0 radical (unpaired) electrons. The van der Waals surface area contributed by atoms with Crippen LogP contribution in [-0.2, 0) is 0 Å². The van der Waals surface area contributed by atoms with E-state index in [-0.39, 0.29) is 0 Å². The van der Waals surface area contributed by atoms with Gasteiger partial charge in [-0.2, -0.15) is 11.8 Å². The van der Waals surface area contributed by atoms with Gasteiger partial charge >= 0.3 is 0 Å². The summed E-state index contributed by atoms with van der Waals surface area (Å²) in [5.41, 5.74) is 5.68. The van der Waals surface area contributed by atoms with Gasteiger partial charge in [-0.15, -0.1) is 0 Å². The highest BCUT2D eigenvalue weighted by Gasteiger charge is 2.12. The van der Waals surface area contributed by atoms with E-state index in [1.54, 1.807) is 0 Å². The molecule has 72 valence electrons. The molecule has 2 nitrogen and oxygen atoms in total. The van der Waals surface area contributed by atoms with Crippen LogP contribution in [0.25, 0.3) is 0 Å². The smallest absolute Gasteiger partial charge is 0.00711 e. The Bertz CT molecular complexity index is 111. The van der Waals surface area contributed by atoms with E-state index >= 15 is 0 Å². The second-order valence-corrected chi connectivity index (χ2v) is 4.99. The summed E-state index contributed by atoms with van der Waals surface area (Å²) in [5.74, 6) is 1.24. The molecule has 0 saturated carbocycles. The first-order valence-electron chi connectivity index (χ1n) is 4.87. The quantitative estimate of drug-likeness (QED) is 0.696. The maximum atomic E-state index is 5.68. The summed E-state index contributed by atoms with van der Waals surface area (Å²) in [6.07, 6.45) is 3.84. The van der Waals surface area contributed by atoms with Gasteiger partial charge in [-0.25, -0.2) is 0 Å². The van der Waals surface area contributed by atoms with E-state index in [1.165, 1.54) is 31.7 Å². The Kier molecular flexibility index (Phi) is 5.04. The Morgan fingerprint density at radius 3 is 2.75 bits per heavy atom. The average molecular weight is 188 g/mol. The summed E-state index contributed by atoms with van der Waals surface area (Å²) >= 11 is 2.11. The molecule has 0 spiro atoms. The molecular weight excluding hydrogens is 168 g/mol. The fourth-order valence-electron chi connectivity index (χ4n) is 1.38. The van der Waals surface area contributed by atoms with Crippen molar-refractivity contribution in [2.75, 3.05) is 18.8 Å². The molecule has 1 saturated heterocycles. The van der Waals surface area contributed by atoms with Crippen molar-refractivity contribution < 1.29 is 0 Å². The highest BCUT2D eigenvalue weighted by atomic mass is 32.2. The molecule has 0 amide bonds. The molecule has 1 fully saturated rings. The molecule has 0 aromatic heterocycles. The van der Waals surface area contributed by atoms with Crippen molar-refractivity contribution in [2.24, 2.45) is 5.73 Å². The summed E-state index contributed by atoms with van der Waals surface area (Å²) in [7, 11) is 0. The fraction of sp³-hybridized carbons (Fsp3) is 1.00. The Morgan fingerprint density at radius 2 is 2.17 bits per heavy atom. The van der Waals surface area contributed by atoms with Gasteiger partial charge in [-0.3, -0.25) is 0 Å². The van der Waals surface area contributed by atoms with Gasteiger partial charge < -0.3 is 11.1 Å². The Hall–Kier alpha value is 0.270. The minimum atomic E-state index is 0.374. The molecule has 0 aliphatic carbocycles. The Morgan fingerprint density at radius 1 is 1.50 bits per heavy atom. The lowest BCUT2D eigenvalue weighted by molar-refractivity contribution is 0.531. The summed E-state index contributed by atoms with van der Waals surface area (Å²) in [6.45, 7) is 4.49. The van der Waals surface area contributed by atoms with Gasteiger partial charge in [-0.05, 0) is 45.0 Å². The topological polar surface area (TPSA) is 38.0 Å². The van der Waals surface area contributed by atoms with E-state index in [4.69, 9.17) is 5.73 Å². The molecule has 3 N–H and O–H groups in total. The van der Waals surface area contributed by atoms with Crippen LogP contribution in [0.5, 0.6) is 0 Å². The van der Waals surface area contributed by atoms with Crippen LogP contribution < -0.4 is 11.1 Å². The zero-order valence-electron chi connectivity index (χ0n) is 7.88. The summed E-state index contributed by atoms with van der Waals surface area (Å²) in [4.78, 5) is 0. The maximum absolute atomic E-state index is 5.68. The largest absolute Gasteiger partial charge is 0.328 e. The minimum Gasteiger partial charge on any atom is -0.328 e. The maximum Gasteiger partial charge on any atom is 0.00711 e. The normalized spacial score (nSPS) is 22.5. The third kappa shape index (κ3) is 4.33. The number of thioether (sulfide) groups is 1. The first-order chi connectivity index (χ1) is 5.79. The number of hydrogen-bond donors (Lipinski definition) is 2. The zero-order chi connectivity index (χ0) is 8.81. The number of nitrogens with one attached hydrogen (secondary N) is 1. The van der Waals surface area contributed by atoms with Crippen LogP contribution in [0.4, 0.5) is 0 Å². The monoisotopic (exact) mass is 188 g/mol. The lowest BCUT2D eigenvalue weighted by Gasteiger charge is -2.22. The van der Waals surface area contributed by atoms with Crippen LogP contribution >= 0.6 is 11.8 Å². The first-order valence-corrected chi connectivity index (χ1v) is 5.92. The van der Waals surface area contributed by atoms with Crippen LogP contribution in [0.2, 0.25) is 0 Å². The van der Waals surface area contributed by atoms with Crippen LogP contribution in [0.15, 0.2) is 0 Å². The van der Waals surface area contributed by atoms with Gasteiger partial charge in [0.05, 0.1) is 0 Å². The van der Waals surface area contributed by atoms with Crippen molar-refractivity contribution in [3.05, 3.63) is 0 Å². The third-order valence-corrected chi connectivity index (χ3v) is 3.63. The molecule has 1 aliphatic rings. The third-order valence-electron chi connectivity index (χ3n) is 2.21. The molecule has 1 unspecified atom stereocenters. The van der Waals surface area contributed by atoms with Crippen molar-refractivity contribution in [3.63, 3.8) is 0 Å². The second-order valence-electron chi connectivity index (χ2n) is 3.59. The van der Waals surface area contributed by atoms with Gasteiger partial charge in [-0.1, -0.05) is 0 Å². The molecule has 0 aromatic rings. The lowest BCUT2D eigenvalue weighted by atomic mass is 10.2. The van der Waals surface area contributed by atoms with Crippen LogP contribution in [0, 0.1) is 0 Å². The fourth-order valence-corrected chi connectivity index (χ4v) is 2.79. The van der Waals surface area contributed by atoms with E-state index in [0.717, 1.165) is 11.7 Å². The summed E-state index contributed by atoms with van der Waals surface area (Å²) < 4.78 is 0. The van der Waals surface area contributed by atoms with Gasteiger partial charge in [0.1, 0.15) is 0 Å². The van der Waals surface area contributed by atoms with E-state index in [0.29, 0.717) is 6.04 Å². The molecule has 1 aliphatic heterocycles. The number of rotatable bonds is 4. The standard InChI is InChI=1S/C9H20N2S/c1-8(10)4-7-12-9-2-5-11-6-3-9/h8-9,11H,2-7,10H2,1H3. The van der Waals surface area contributed by atoms with Crippen LogP contribution in [0.3, 0.4) is 0 Å². The molecular formula is C9H20N2S. The number of hydrogen-bond acceptors (Lipinski definition) is 3. The van der Waals surface area contributed by atoms with E-state index in [2.05, 4.69) is 24.0 Å². The first kappa shape index (κ1) is 10.4. The SMILES string of the molecule is CC(N)CCSC1CCNCC1. The van der Waals surface area contributed by atoms with Gasteiger partial charge in [0.2, 0.25) is 0 Å². The Labute approximate surface area is 79.7 Å². The van der Waals surface area contributed by atoms with Crippen LogP contribution in [0.1, 0.15) is 26.2 Å². The molecule has 1 heterocycles. The van der Waals surface area contributed by atoms with Gasteiger partial charge in [0, 0.05) is 11.3 Å². The molecule has 0 aromatic carbocycles. The van der Waals surface area contributed by atoms with Crippen LogP contribution in [-0.4, -0.2) is 30.1 Å². The lowest BCUT2D eigenvalue weighted by Crippen LogP contribution is -2.29. The van der Waals surface area contributed by atoms with Crippen molar-refractivity contribution >= 4 is 11.8 Å². The van der Waals surface area contributed by atoms with Gasteiger partial charge in [0.15, 0.2) is 0 Å². The molecule has 3 heteroatoms. The van der Waals surface area contributed by atoms with E-state index < -0.39 is 0 Å². The van der Waals surface area contributed by atoms with Crippen molar-refractivity contribution in [1.29, 1.82) is 0 Å². The predicted molar refractivity (Wildman–Crippen MR) is 56.6 cm³/mol. The van der Waals surface area contributed by atoms with Crippen molar-refractivity contribution in [2.45, 2.75) is 37.5 Å². The van der Waals surface area contributed by atoms with E-state index in [1.807, 2.05) is 0 Å². The average Bonchev–Trinajstić information content (AvgIpc) is 2.05. The zero-order valence-corrected chi connectivity index (χ0v) is 8.70. The Balaban J connectivity index is 1.98. The highest BCUT2D eigenvalue weighted by molar-refractivity contribution is 7.99.